The van der Waals surface area contributed by atoms with Crippen molar-refractivity contribution in [3.8, 4) is 0 Å². The van der Waals surface area contributed by atoms with Crippen LogP contribution in [0.4, 0.5) is 34.1 Å². The number of benzene rings is 4. The van der Waals surface area contributed by atoms with E-state index in [1.807, 2.05) is 48.5 Å². The molecule has 0 heterocycles. The normalized spacial score (nSPS) is 17.0. The van der Waals surface area contributed by atoms with Crippen molar-refractivity contribution >= 4 is 39.7 Å². The summed E-state index contributed by atoms with van der Waals surface area (Å²) in [6.45, 7) is 12.9. The minimum atomic E-state index is -0.900. The van der Waals surface area contributed by atoms with Crippen LogP contribution in [-0.4, -0.2) is 38.2 Å². The van der Waals surface area contributed by atoms with E-state index in [1.165, 1.54) is 24.3 Å². The fourth-order valence-electron chi connectivity index (χ4n) is 7.20. The van der Waals surface area contributed by atoms with Gasteiger partial charge in [0.05, 0.1) is 21.9 Å². The fourth-order valence-corrected chi connectivity index (χ4v) is 7.20. The third-order valence-electron chi connectivity index (χ3n) is 9.35. The zero-order valence-corrected chi connectivity index (χ0v) is 29.4. The van der Waals surface area contributed by atoms with Gasteiger partial charge in [0.25, 0.3) is 11.4 Å². The van der Waals surface area contributed by atoms with E-state index in [4.69, 9.17) is 0 Å². The second-order valence-electron chi connectivity index (χ2n) is 14.1. The lowest BCUT2D eigenvalue weighted by atomic mass is 9.73. The van der Waals surface area contributed by atoms with E-state index in [-0.39, 0.29) is 29.2 Å². The second kappa shape index (κ2) is 15.1. The molecule has 10 nitrogen and oxygen atoms in total. The Balaban J connectivity index is 1.39. The first-order valence-electron chi connectivity index (χ1n) is 17.2. The van der Waals surface area contributed by atoms with Gasteiger partial charge in [0, 0.05) is 64.7 Å². The number of nitro benzene ring substituents is 2. The quantitative estimate of drug-likeness (QED) is 0.0994. The molecule has 4 unspecified atom stereocenters. The summed E-state index contributed by atoms with van der Waals surface area (Å²) in [5.74, 6) is 0.441. The predicted octanol–water partition coefficient (Wildman–Crippen LogP) is 10.1. The van der Waals surface area contributed by atoms with E-state index in [0.717, 1.165) is 46.7 Å². The predicted molar refractivity (Wildman–Crippen MR) is 199 cm³/mol. The van der Waals surface area contributed by atoms with Crippen LogP contribution in [0.1, 0.15) is 71.4 Å². The van der Waals surface area contributed by atoms with Crippen molar-refractivity contribution in [3.05, 3.63) is 134 Å². The average Bonchev–Trinajstić information content (AvgIpc) is 3.06. The number of aliphatic hydroxyl groups is 2. The summed E-state index contributed by atoms with van der Waals surface area (Å²) >= 11 is 0. The van der Waals surface area contributed by atoms with E-state index in [9.17, 15) is 30.4 Å². The van der Waals surface area contributed by atoms with Crippen molar-refractivity contribution in [2.24, 2.45) is 11.8 Å². The monoisotopic (exact) mass is 678 g/mol. The van der Waals surface area contributed by atoms with Gasteiger partial charge in [0.1, 0.15) is 5.76 Å². The number of nitro groups is 2. The van der Waals surface area contributed by atoms with Gasteiger partial charge in [-0.05, 0) is 98.2 Å². The van der Waals surface area contributed by atoms with E-state index in [0.29, 0.717) is 17.4 Å². The van der Waals surface area contributed by atoms with Gasteiger partial charge in [-0.1, -0.05) is 52.0 Å². The van der Waals surface area contributed by atoms with Crippen molar-refractivity contribution in [2.75, 3.05) is 9.80 Å². The minimum absolute atomic E-state index is 0.0358. The SMILES string of the molecule is CC(C)CC(C)N(c1ccc(C2=C(O)C(c3ccc(N(c4ccc([N+](=O)[O-])cc4)C(C)CC(C)C)cc3)C2O)cc1)c1ccc([N+](=O)[O-])cc1. The maximum Gasteiger partial charge on any atom is 0.269 e. The molecule has 4 aromatic rings. The number of non-ortho nitro benzene ring substituents is 2. The first-order valence-corrected chi connectivity index (χ1v) is 17.2. The fraction of sp³-hybridized carbons (Fsp3) is 0.350. The lowest BCUT2D eigenvalue weighted by Crippen LogP contribution is -2.33. The summed E-state index contributed by atoms with van der Waals surface area (Å²) in [6, 6.07) is 28.8. The summed E-state index contributed by atoms with van der Waals surface area (Å²) in [7, 11) is 0. The van der Waals surface area contributed by atoms with Gasteiger partial charge in [-0.3, -0.25) is 20.2 Å². The number of anilines is 4. The molecule has 0 aliphatic heterocycles. The molecule has 4 atom stereocenters. The minimum Gasteiger partial charge on any atom is -0.511 e. The van der Waals surface area contributed by atoms with Crippen molar-refractivity contribution in [1.29, 1.82) is 0 Å². The maximum absolute atomic E-state index is 11.3. The highest BCUT2D eigenvalue weighted by molar-refractivity contribution is 5.81. The Morgan fingerprint density at radius 1 is 0.600 bits per heavy atom. The molecular formula is C40H46N4O6. The van der Waals surface area contributed by atoms with Crippen LogP contribution in [0.2, 0.25) is 0 Å². The van der Waals surface area contributed by atoms with Crippen molar-refractivity contribution < 1.29 is 20.1 Å². The molecule has 1 aliphatic rings. The number of nitrogens with zero attached hydrogens (tertiary/aromatic N) is 4. The van der Waals surface area contributed by atoms with Crippen LogP contribution >= 0.6 is 0 Å². The van der Waals surface area contributed by atoms with Crippen molar-refractivity contribution in [2.45, 2.75) is 78.5 Å². The maximum atomic E-state index is 11.3. The highest BCUT2D eigenvalue weighted by Crippen LogP contribution is 2.47. The molecule has 2 N–H and O–H groups in total. The van der Waals surface area contributed by atoms with E-state index in [2.05, 4.69) is 51.3 Å². The van der Waals surface area contributed by atoms with Crippen LogP contribution in [0.5, 0.6) is 0 Å². The summed E-state index contributed by atoms with van der Waals surface area (Å²) in [4.78, 5) is 26.0. The van der Waals surface area contributed by atoms with Gasteiger partial charge in [0.2, 0.25) is 0 Å². The van der Waals surface area contributed by atoms with Gasteiger partial charge in [-0.25, -0.2) is 0 Å². The Hall–Kier alpha value is -5.22. The standard InChI is InChI=1S/C40H46N4O6/c1-25(2)23-27(5)41(33-15-19-35(20-16-33)43(47)48)31-11-7-29(8-12-31)37-39(45)38(40(37)46)30-9-13-32(14-10-30)42(28(6)24-26(3)4)34-17-21-36(22-18-34)44(49)50/h7-22,25-28,37,39,45-46H,23-24H2,1-6H3. The molecule has 0 amide bonds. The molecule has 0 fully saturated rings. The van der Waals surface area contributed by atoms with E-state index >= 15 is 0 Å². The molecule has 4 aromatic carbocycles. The molecule has 50 heavy (non-hydrogen) atoms. The van der Waals surface area contributed by atoms with Crippen LogP contribution in [0.25, 0.3) is 5.57 Å². The molecule has 0 bridgehead atoms. The van der Waals surface area contributed by atoms with E-state index in [1.54, 1.807) is 24.3 Å². The summed E-state index contributed by atoms with van der Waals surface area (Å²) in [5, 5.41) is 45.1. The number of hydrogen-bond donors (Lipinski definition) is 2. The molecular weight excluding hydrogens is 632 g/mol. The lowest BCUT2D eigenvalue weighted by molar-refractivity contribution is -0.385. The van der Waals surface area contributed by atoms with Crippen molar-refractivity contribution in [1.82, 2.24) is 0 Å². The Labute approximate surface area is 293 Å². The molecule has 0 saturated heterocycles. The highest BCUT2D eigenvalue weighted by atomic mass is 16.6. The zero-order valence-electron chi connectivity index (χ0n) is 29.4. The Bertz CT molecular complexity index is 1820. The number of rotatable bonds is 14. The first kappa shape index (κ1) is 36.1. The second-order valence-corrected chi connectivity index (χ2v) is 14.1. The van der Waals surface area contributed by atoms with Gasteiger partial charge >= 0.3 is 0 Å². The Morgan fingerprint density at radius 2 is 0.940 bits per heavy atom. The van der Waals surface area contributed by atoms with Crippen LogP contribution in [0, 0.1) is 32.1 Å². The zero-order chi connectivity index (χ0) is 36.3. The topological polar surface area (TPSA) is 133 Å². The van der Waals surface area contributed by atoms with Gasteiger partial charge in [-0.15, -0.1) is 0 Å². The number of hydrogen-bond acceptors (Lipinski definition) is 8. The molecule has 262 valence electrons. The van der Waals surface area contributed by atoms with E-state index < -0.39 is 21.9 Å². The third kappa shape index (κ3) is 7.65. The highest BCUT2D eigenvalue weighted by Gasteiger charge is 2.41. The van der Waals surface area contributed by atoms with Gasteiger partial charge < -0.3 is 20.0 Å². The Kier molecular flexibility index (Phi) is 10.9. The van der Waals surface area contributed by atoms with Gasteiger partial charge in [0.15, 0.2) is 0 Å². The third-order valence-corrected chi connectivity index (χ3v) is 9.35. The molecule has 5 rings (SSSR count). The smallest absolute Gasteiger partial charge is 0.269 e. The molecule has 10 heteroatoms. The molecule has 0 saturated carbocycles. The Morgan fingerprint density at radius 3 is 1.26 bits per heavy atom. The van der Waals surface area contributed by atoms with Crippen LogP contribution in [0.3, 0.4) is 0 Å². The summed E-state index contributed by atoms with van der Waals surface area (Å²) in [6.07, 6.45) is 0.920. The molecule has 0 radical (unpaired) electrons. The van der Waals surface area contributed by atoms with Crippen LogP contribution < -0.4 is 9.80 Å². The van der Waals surface area contributed by atoms with Crippen LogP contribution in [-0.2, 0) is 0 Å². The lowest BCUT2D eigenvalue weighted by Gasteiger charge is -2.37. The summed E-state index contributed by atoms with van der Waals surface area (Å²) in [5.41, 5.74) is 5.57. The van der Waals surface area contributed by atoms with Crippen LogP contribution in [0.15, 0.2) is 103 Å². The van der Waals surface area contributed by atoms with Crippen molar-refractivity contribution in [3.63, 3.8) is 0 Å². The summed E-state index contributed by atoms with van der Waals surface area (Å²) < 4.78 is 0. The molecule has 0 aromatic heterocycles. The molecule has 0 spiro atoms. The van der Waals surface area contributed by atoms with Gasteiger partial charge in [-0.2, -0.15) is 0 Å². The average molecular weight is 679 g/mol. The molecule has 1 aliphatic carbocycles. The first-order chi connectivity index (χ1) is 23.8. The largest absolute Gasteiger partial charge is 0.511 e. The number of aliphatic hydroxyl groups excluding tert-OH is 2.